The highest BCUT2D eigenvalue weighted by atomic mass is 14.9. The average molecular weight is 724 g/mol. The molecule has 1 heterocycles. The topological polar surface area (TPSA) is 49.6 Å². The molecule has 2 aliphatic carbocycles. The van der Waals surface area contributed by atoms with Crippen LogP contribution >= 0.6 is 0 Å². The van der Waals surface area contributed by atoms with Crippen LogP contribution in [0.1, 0.15) is 27.8 Å². The number of nitrogens with zero attached hydrogens (tertiary/aromatic N) is 3. The van der Waals surface area contributed by atoms with Gasteiger partial charge in [-0.2, -0.15) is 5.26 Å². The van der Waals surface area contributed by atoms with E-state index in [2.05, 4.69) is 176 Å². The fourth-order valence-electron chi connectivity index (χ4n) is 9.24. The average Bonchev–Trinajstić information content (AvgIpc) is 3.54. The first-order valence-electron chi connectivity index (χ1n) is 19.3. The van der Waals surface area contributed by atoms with Crippen molar-refractivity contribution in [2.45, 2.75) is 5.41 Å². The van der Waals surface area contributed by atoms with Crippen LogP contribution in [0.5, 0.6) is 0 Å². The van der Waals surface area contributed by atoms with Gasteiger partial charge in [0.1, 0.15) is 0 Å². The number of benzene rings is 8. The fraction of sp³-hybridized carbons (Fsp3) is 0.0185. The maximum Gasteiger partial charge on any atom is 0.160 e. The summed E-state index contributed by atoms with van der Waals surface area (Å²) in [6, 6.07) is 73.4. The van der Waals surface area contributed by atoms with Crippen LogP contribution in [0.25, 0.3) is 78.4 Å². The predicted molar refractivity (Wildman–Crippen MR) is 230 cm³/mol. The first-order valence-corrected chi connectivity index (χ1v) is 19.3. The van der Waals surface area contributed by atoms with Crippen LogP contribution in [0.4, 0.5) is 0 Å². The zero-order chi connectivity index (χ0) is 37.9. The number of rotatable bonds is 4. The van der Waals surface area contributed by atoms with Gasteiger partial charge in [-0.25, -0.2) is 9.97 Å². The molecule has 264 valence electrons. The van der Waals surface area contributed by atoms with Crippen molar-refractivity contribution in [3.63, 3.8) is 0 Å². The Morgan fingerprint density at radius 1 is 0.333 bits per heavy atom. The van der Waals surface area contributed by atoms with Gasteiger partial charge in [0.15, 0.2) is 5.82 Å². The van der Waals surface area contributed by atoms with E-state index in [9.17, 15) is 5.26 Å². The van der Waals surface area contributed by atoms with Gasteiger partial charge >= 0.3 is 0 Å². The first kappa shape index (κ1) is 32.7. The van der Waals surface area contributed by atoms with Crippen LogP contribution in [0.3, 0.4) is 0 Å². The summed E-state index contributed by atoms with van der Waals surface area (Å²) < 4.78 is 0. The van der Waals surface area contributed by atoms with Crippen molar-refractivity contribution in [1.82, 2.24) is 9.97 Å². The van der Waals surface area contributed by atoms with E-state index >= 15 is 0 Å². The molecule has 3 heteroatoms. The fourth-order valence-corrected chi connectivity index (χ4v) is 9.24. The van der Waals surface area contributed by atoms with Gasteiger partial charge < -0.3 is 0 Å². The quantitative estimate of drug-likeness (QED) is 0.182. The number of nitriles is 1. The summed E-state index contributed by atoms with van der Waals surface area (Å²) in [6.07, 6.45) is 0. The molecule has 0 bridgehead atoms. The minimum atomic E-state index is -0.540. The Morgan fingerprint density at radius 2 is 0.754 bits per heavy atom. The molecule has 0 saturated carbocycles. The van der Waals surface area contributed by atoms with Gasteiger partial charge in [0.2, 0.25) is 0 Å². The molecule has 0 aliphatic heterocycles. The van der Waals surface area contributed by atoms with Crippen molar-refractivity contribution < 1.29 is 0 Å². The van der Waals surface area contributed by atoms with Gasteiger partial charge in [0, 0.05) is 16.7 Å². The molecule has 9 aromatic rings. The summed E-state index contributed by atoms with van der Waals surface area (Å²) in [5.41, 5.74) is 19.4. The van der Waals surface area contributed by atoms with Crippen LogP contribution in [-0.4, -0.2) is 9.97 Å². The third kappa shape index (κ3) is 5.05. The summed E-state index contributed by atoms with van der Waals surface area (Å²) in [6.45, 7) is 0. The van der Waals surface area contributed by atoms with Gasteiger partial charge in [0.05, 0.1) is 28.4 Å². The summed E-state index contributed by atoms with van der Waals surface area (Å²) >= 11 is 0. The Kier molecular flexibility index (Phi) is 7.45. The molecular formula is C54H33N3. The third-order valence-electron chi connectivity index (χ3n) is 11.8. The Hall–Kier alpha value is -7.67. The highest BCUT2D eigenvalue weighted by Crippen LogP contribution is 2.61. The Balaban J connectivity index is 1.16. The molecule has 1 spiro atoms. The molecule has 0 fully saturated rings. The lowest BCUT2D eigenvalue weighted by molar-refractivity contribution is 0.775. The van der Waals surface area contributed by atoms with E-state index < -0.39 is 5.41 Å². The molecule has 0 atom stereocenters. The molecule has 57 heavy (non-hydrogen) atoms. The van der Waals surface area contributed by atoms with Gasteiger partial charge in [-0.05, 0) is 91.0 Å². The molecule has 3 nitrogen and oxygen atoms in total. The molecule has 2 aliphatic rings. The van der Waals surface area contributed by atoms with E-state index in [1.807, 2.05) is 30.3 Å². The van der Waals surface area contributed by atoms with Gasteiger partial charge in [-0.1, -0.05) is 176 Å². The van der Waals surface area contributed by atoms with E-state index in [0.717, 1.165) is 39.2 Å². The van der Waals surface area contributed by atoms with Crippen LogP contribution < -0.4 is 0 Å². The molecule has 0 N–H and O–H groups in total. The highest BCUT2D eigenvalue weighted by molar-refractivity contribution is 5.98. The number of aromatic nitrogens is 2. The monoisotopic (exact) mass is 723 g/mol. The van der Waals surface area contributed by atoms with Crippen LogP contribution in [-0.2, 0) is 5.41 Å². The van der Waals surface area contributed by atoms with Crippen molar-refractivity contribution in [1.29, 1.82) is 5.26 Å². The lowest BCUT2D eigenvalue weighted by Crippen LogP contribution is -2.29. The molecule has 0 radical (unpaired) electrons. The summed E-state index contributed by atoms with van der Waals surface area (Å²) in [4.78, 5) is 10.4. The smallest absolute Gasteiger partial charge is 0.160 e. The minimum absolute atomic E-state index is 0.540. The SMILES string of the molecule is N#Cc1ccc(-c2cc(-c3ccc4c(c3)-c3ccccc3-c3ccccc3C43c4ccccc4-c4ccccc43)nc(-c3ccc(-c4ccccc4)cc3)n2)cc1. The van der Waals surface area contributed by atoms with Crippen molar-refractivity contribution in [3.05, 3.63) is 228 Å². The lowest BCUT2D eigenvalue weighted by Gasteiger charge is -2.35. The maximum atomic E-state index is 9.54. The molecule has 8 aromatic carbocycles. The highest BCUT2D eigenvalue weighted by Gasteiger charge is 2.49. The number of fused-ring (bicyclic) bond motifs is 12. The lowest BCUT2D eigenvalue weighted by atomic mass is 9.66. The second-order valence-corrected chi connectivity index (χ2v) is 14.8. The van der Waals surface area contributed by atoms with Gasteiger partial charge in [-0.15, -0.1) is 0 Å². The Labute approximate surface area is 331 Å². The number of hydrogen-bond acceptors (Lipinski definition) is 3. The number of hydrogen-bond donors (Lipinski definition) is 0. The molecule has 0 unspecified atom stereocenters. The van der Waals surface area contributed by atoms with Crippen LogP contribution in [0, 0.1) is 11.3 Å². The molecule has 1 aromatic heterocycles. The third-order valence-corrected chi connectivity index (χ3v) is 11.8. The Bertz CT molecular complexity index is 3020. The van der Waals surface area contributed by atoms with Gasteiger partial charge in [-0.3, -0.25) is 0 Å². The molecule has 0 saturated heterocycles. The van der Waals surface area contributed by atoms with Crippen LogP contribution in [0.15, 0.2) is 200 Å². The largest absolute Gasteiger partial charge is 0.228 e. The standard InChI is InChI=1S/C54H33N3/c55-34-35-22-24-38(25-23-35)51-33-52(57-53(56-51)39-28-26-37(27-29-39)36-12-2-1-3-13-36)40-30-31-50-46(32-40)42-15-5-4-14-41(42)43-16-6-9-19-47(43)54(50)48-20-10-7-17-44(48)45-18-8-11-21-49(45)54/h1-33H. The summed E-state index contributed by atoms with van der Waals surface area (Å²) in [7, 11) is 0. The van der Waals surface area contributed by atoms with Crippen molar-refractivity contribution in [2.24, 2.45) is 0 Å². The minimum Gasteiger partial charge on any atom is -0.228 e. The normalized spacial score (nSPS) is 12.7. The van der Waals surface area contributed by atoms with E-state index in [1.54, 1.807) is 0 Å². The molecular weight excluding hydrogens is 691 g/mol. The Morgan fingerprint density at radius 3 is 1.35 bits per heavy atom. The van der Waals surface area contributed by atoms with Gasteiger partial charge in [0.25, 0.3) is 0 Å². The second kappa shape index (κ2) is 13.0. The van der Waals surface area contributed by atoms with Crippen molar-refractivity contribution in [2.75, 3.05) is 0 Å². The van der Waals surface area contributed by atoms with E-state index in [4.69, 9.17) is 9.97 Å². The molecule has 11 rings (SSSR count). The maximum absolute atomic E-state index is 9.54. The summed E-state index contributed by atoms with van der Waals surface area (Å²) in [5, 5.41) is 9.54. The second-order valence-electron chi connectivity index (χ2n) is 14.8. The van der Waals surface area contributed by atoms with E-state index in [0.29, 0.717) is 11.4 Å². The van der Waals surface area contributed by atoms with Crippen molar-refractivity contribution >= 4 is 0 Å². The zero-order valence-electron chi connectivity index (χ0n) is 30.9. The van der Waals surface area contributed by atoms with Crippen molar-refractivity contribution in [3.8, 4) is 84.5 Å². The molecule has 0 amide bonds. The summed E-state index contributed by atoms with van der Waals surface area (Å²) in [5.74, 6) is 0.643. The zero-order valence-corrected chi connectivity index (χ0v) is 30.9. The van der Waals surface area contributed by atoms with Crippen LogP contribution in [0.2, 0.25) is 0 Å². The van der Waals surface area contributed by atoms with E-state index in [-0.39, 0.29) is 0 Å². The van der Waals surface area contributed by atoms with E-state index in [1.165, 1.54) is 55.6 Å². The first-order chi connectivity index (χ1) is 28.2. The predicted octanol–water partition coefficient (Wildman–Crippen LogP) is 13.0.